The molecule has 0 spiro atoms. The standard InChI is InChI=1S/C32H26ClN7O19S6/c1-15-11-21-20(3-2-4-23(21)62(47,48)49)29(64(53,54)55)26(15)39-40-27-24(63(50,51)52)13-16-12-19(61(44,45)46)14-22(25(16)28(27)41)35-32-37-30(33)36-31(38-32)34-17-5-7-18(8-6-17)60(42,43)10-9-59-65(56,57)58/h2-8,11-14,41H,9-10H2,1H3,(H,44,45,46)(H,47,48,49)(H,50,51,52)(H,53,54,55)(H,56,57,58)(H2,34,35,36,37,38). The Morgan fingerprint density at radius 2 is 1.25 bits per heavy atom. The number of phenolic OH excluding ortho intramolecular Hbond substituents is 1. The zero-order valence-electron chi connectivity index (χ0n) is 31.8. The second-order valence-electron chi connectivity index (χ2n) is 13.1. The first-order valence-corrected chi connectivity index (χ1v) is 26.1. The normalized spacial score (nSPS) is 13.2. The Bertz CT molecular complexity index is 3710. The van der Waals surface area contributed by atoms with Gasteiger partial charge in [0.15, 0.2) is 15.6 Å². The highest BCUT2D eigenvalue weighted by Crippen LogP contribution is 2.47. The number of hydrogen-bond acceptors (Lipinski definition) is 21. The van der Waals surface area contributed by atoms with Crippen molar-refractivity contribution in [1.82, 2.24) is 15.0 Å². The van der Waals surface area contributed by atoms with E-state index in [0.717, 1.165) is 43.3 Å². The first-order valence-electron chi connectivity index (χ1n) is 17.0. The summed E-state index contributed by atoms with van der Waals surface area (Å²) in [6.45, 7) is 0.270. The quantitative estimate of drug-likeness (QED) is 0.0524. The van der Waals surface area contributed by atoms with Crippen molar-refractivity contribution in [2.45, 2.75) is 31.4 Å². The highest BCUT2D eigenvalue weighted by atomic mass is 35.5. The van der Waals surface area contributed by atoms with Crippen LogP contribution in [0.1, 0.15) is 5.56 Å². The Morgan fingerprint density at radius 3 is 1.82 bits per heavy atom. The Balaban J connectivity index is 1.47. The van der Waals surface area contributed by atoms with Gasteiger partial charge in [-0.2, -0.15) is 57.0 Å². The number of nitrogens with zero attached hydrogens (tertiary/aromatic N) is 5. The van der Waals surface area contributed by atoms with Crippen LogP contribution in [0.2, 0.25) is 5.28 Å². The molecule has 0 saturated heterocycles. The van der Waals surface area contributed by atoms with Gasteiger partial charge in [-0.05, 0) is 84.1 Å². The average molecular weight is 1040 g/mol. The summed E-state index contributed by atoms with van der Waals surface area (Å²) >= 11 is 6.12. The third kappa shape index (κ3) is 11.1. The van der Waals surface area contributed by atoms with Crippen molar-refractivity contribution >= 4 is 129 Å². The van der Waals surface area contributed by atoms with Crippen molar-refractivity contribution in [2.75, 3.05) is 23.0 Å². The van der Waals surface area contributed by atoms with Gasteiger partial charge in [0, 0.05) is 21.8 Å². The van der Waals surface area contributed by atoms with Gasteiger partial charge in [0.2, 0.25) is 17.2 Å². The molecule has 0 aliphatic carbocycles. The van der Waals surface area contributed by atoms with Gasteiger partial charge in [-0.25, -0.2) is 12.6 Å². The van der Waals surface area contributed by atoms with Gasteiger partial charge in [-0.3, -0.25) is 22.8 Å². The third-order valence-electron chi connectivity index (χ3n) is 8.65. The molecule has 65 heavy (non-hydrogen) atoms. The summed E-state index contributed by atoms with van der Waals surface area (Å²) in [4.78, 5) is 7.48. The smallest absolute Gasteiger partial charge is 0.397 e. The van der Waals surface area contributed by atoms with E-state index in [-0.39, 0.29) is 22.1 Å². The van der Waals surface area contributed by atoms with Crippen LogP contribution in [0.25, 0.3) is 21.5 Å². The van der Waals surface area contributed by atoms with Crippen molar-refractivity contribution in [3.8, 4) is 5.75 Å². The van der Waals surface area contributed by atoms with Crippen LogP contribution in [-0.2, 0) is 64.9 Å². The first-order chi connectivity index (χ1) is 29.8. The van der Waals surface area contributed by atoms with Crippen LogP contribution in [0.15, 0.2) is 101 Å². The third-order valence-corrected chi connectivity index (χ3v) is 14.5. The van der Waals surface area contributed by atoms with Crippen molar-refractivity contribution in [3.63, 3.8) is 0 Å². The number of hydrogen-bond donors (Lipinski definition) is 8. The minimum atomic E-state index is -5.48. The van der Waals surface area contributed by atoms with E-state index in [4.69, 9.17) is 16.2 Å². The number of aryl methyl sites for hydroxylation is 1. The highest BCUT2D eigenvalue weighted by Gasteiger charge is 2.29. The number of aromatic hydroxyl groups is 1. The van der Waals surface area contributed by atoms with Crippen LogP contribution in [-0.4, -0.2) is 106 Å². The summed E-state index contributed by atoms with van der Waals surface area (Å²) in [5.74, 6) is -2.96. The molecular formula is C32H26ClN7O19S6. The number of benzene rings is 5. The van der Waals surface area contributed by atoms with E-state index in [9.17, 15) is 73.8 Å². The molecule has 6 aromatic rings. The van der Waals surface area contributed by atoms with E-state index in [1.807, 2.05) is 0 Å². The van der Waals surface area contributed by atoms with E-state index >= 15 is 0 Å². The molecule has 6 rings (SSSR count). The fourth-order valence-electron chi connectivity index (χ4n) is 6.02. The van der Waals surface area contributed by atoms with Crippen LogP contribution in [0, 0.1) is 6.92 Å². The van der Waals surface area contributed by atoms with E-state index in [0.29, 0.717) is 18.2 Å². The van der Waals surface area contributed by atoms with Gasteiger partial charge >= 0.3 is 10.4 Å². The van der Waals surface area contributed by atoms with Crippen LogP contribution < -0.4 is 10.6 Å². The Labute approximate surface area is 371 Å². The van der Waals surface area contributed by atoms with Gasteiger partial charge in [0.1, 0.15) is 26.1 Å². The molecule has 0 atom stereocenters. The SMILES string of the molecule is Cc1cc2c(S(=O)(=O)O)cccc2c(S(=O)(=O)O)c1N=Nc1c(S(=O)(=O)O)cc2cc(S(=O)(=O)O)cc(Nc3nc(Cl)nc(Nc4ccc(S(=O)(=O)CCOS(=O)(=O)O)cc4)n3)c2c1O. The van der Waals surface area contributed by atoms with Crippen LogP contribution in [0.3, 0.4) is 0 Å². The van der Waals surface area contributed by atoms with Gasteiger partial charge in [0.25, 0.3) is 40.5 Å². The number of anilines is 4. The van der Waals surface area contributed by atoms with Crippen LogP contribution in [0.4, 0.5) is 34.6 Å². The molecule has 1 aromatic heterocycles. The van der Waals surface area contributed by atoms with E-state index in [1.165, 1.54) is 12.1 Å². The fourth-order valence-corrected chi connectivity index (χ4v) is 10.5. The number of sulfone groups is 1. The number of phenols is 1. The predicted octanol–water partition coefficient (Wildman–Crippen LogP) is 4.33. The lowest BCUT2D eigenvalue weighted by atomic mass is 10.1. The molecule has 346 valence electrons. The summed E-state index contributed by atoms with van der Waals surface area (Å²) in [5.41, 5.74) is -2.57. The van der Waals surface area contributed by atoms with Crippen molar-refractivity contribution in [2.24, 2.45) is 10.2 Å². The van der Waals surface area contributed by atoms with Crippen molar-refractivity contribution in [3.05, 3.63) is 77.6 Å². The lowest BCUT2D eigenvalue weighted by molar-refractivity contribution is 0.284. The molecule has 5 aromatic carbocycles. The number of azo groups is 1. The molecule has 0 saturated carbocycles. The number of fused-ring (bicyclic) bond motifs is 2. The summed E-state index contributed by atoms with van der Waals surface area (Å²) in [5, 5.41) is 21.8. The van der Waals surface area contributed by atoms with E-state index in [2.05, 4.69) is 40.0 Å². The van der Waals surface area contributed by atoms with Gasteiger partial charge in [-0.15, -0.1) is 10.2 Å². The monoisotopic (exact) mass is 1040 g/mol. The summed E-state index contributed by atoms with van der Waals surface area (Å²) in [6.07, 6.45) is 0. The second-order valence-corrected chi connectivity index (χ2v) is 22.2. The Kier molecular flexibility index (Phi) is 13.0. The molecule has 0 radical (unpaired) electrons. The summed E-state index contributed by atoms with van der Waals surface area (Å²) < 4.78 is 199. The maximum Gasteiger partial charge on any atom is 0.397 e. The van der Waals surface area contributed by atoms with Crippen LogP contribution in [0.5, 0.6) is 5.75 Å². The van der Waals surface area contributed by atoms with Gasteiger partial charge < -0.3 is 15.7 Å². The zero-order valence-corrected chi connectivity index (χ0v) is 37.5. The summed E-state index contributed by atoms with van der Waals surface area (Å²) in [7, 11) is -30.0. The Morgan fingerprint density at radius 1 is 0.646 bits per heavy atom. The lowest BCUT2D eigenvalue weighted by Gasteiger charge is -2.16. The average Bonchev–Trinajstić information content (AvgIpc) is 3.14. The lowest BCUT2D eigenvalue weighted by Crippen LogP contribution is -2.15. The molecule has 0 aliphatic rings. The van der Waals surface area contributed by atoms with E-state index in [1.54, 1.807) is 0 Å². The van der Waals surface area contributed by atoms with Gasteiger partial charge in [-0.1, -0.05) is 12.1 Å². The fraction of sp³-hybridized carbons (Fsp3) is 0.0938. The van der Waals surface area contributed by atoms with Crippen molar-refractivity contribution in [1.29, 1.82) is 0 Å². The molecule has 0 aliphatic heterocycles. The molecule has 1 heterocycles. The maximum atomic E-state index is 12.7. The second kappa shape index (κ2) is 17.3. The molecule has 0 fully saturated rings. The molecule has 0 bridgehead atoms. The highest BCUT2D eigenvalue weighted by molar-refractivity contribution is 7.91. The topological polar surface area (TPSA) is 423 Å². The minimum Gasteiger partial charge on any atom is -0.505 e. The minimum absolute atomic E-state index is 0.119. The zero-order chi connectivity index (χ0) is 48.2. The molecule has 8 N–H and O–H groups in total. The maximum absolute atomic E-state index is 12.7. The number of halogens is 1. The van der Waals surface area contributed by atoms with E-state index < -0.39 is 148 Å². The molecule has 26 nitrogen and oxygen atoms in total. The largest absolute Gasteiger partial charge is 0.505 e. The molecular weight excluding hydrogens is 1010 g/mol. The number of aromatic nitrogens is 3. The summed E-state index contributed by atoms with van der Waals surface area (Å²) in [6, 6.07) is 10.6. The Hall–Kier alpha value is -5.62. The molecule has 0 unspecified atom stereocenters. The molecule has 0 amide bonds. The van der Waals surface area contributed by atoms with Crippen LogP contribution >= 0.6 is 11.6 Å². The predicted molar refractivity (Wildman–Crippen MR) is 225 cm³/mol. The van der Waals surface area contributed by atoms with Crippen molar-refractivity contribution < 1.29 is 82.6 Å². The first kappa shape index (κ1) is 48.8. The number of nitrogens with one attached hydrogen (secondary N) is 2. The number of rotatable bonds is 15. The molecule has 33 heteroatoms. The van der Waals surface area contributed by atoms with Gasteiger partial charge in [0.05, 0.1) is 27.8 Å².